The molecule has 1 atom stereocenters. The highest BCUT2D eigenvalue weighted by atomic mass is 31.0. The van der Waals surface area contributed by atoms with Gasteiger partial charge in [-0.25, -0.2) is 0 Å². The molecule has 4 rings (SSSR count). The zero-order valence-electron chi connectivity index (χ0n) is 15.1. The first-order valence-electron chi connectivity index (χ1n) is 8.80. The van der Waals surface area contributed by atoms with E-state index in [-0.39, 0.29) is 9.90 Å². The van der Waals surface area contributed by atoms with Crippen LogP contribution in [0.2, 0.25) is 0 Å². The molecule has 1 unspecified atom stereocenters. The van der Waals surface area contributed by atoms with Crippen molar-refractivity contribution in [3.05, 3.63) is 121 Å². The number of benzene rings is 4. The topological polar surface area (TPSA) is 0 Å². The highest BCUT2D eigenvalue weighted by molar-refractivity contribution is 7.19. The van der Waals surface area contributed by atoms with Crippen LogP contribution in [-0.4, -0.2) is 6.15 Å². The molecule has 0 bridgehead atoms. The van der Waals surface area contributed by atoms with Gasteiger partial charge >= 0.3 is 0 Å². The molecule has 0 aliphatic carbocycles. The molecule has 0 aromatic heterocycles. The van der Waals surface area contributed by atoms with Crippen molar-refractivity contribution in [2.24, 2.45) is 0 Å². The van der Waals surface area contributed by atoms with E-state index in [0.717, 1.165) is 0 Å². The van der Waals surface area contributed by atoms with Crippen molar-refractivity contribution in [3.8, 4) is 0 Å². The zero-order chi connectivity index (χ0) is 17.0. The van der Waals surface area contributed by atoms with Gasteiger partial charge in [0.2, 0.25) is 0 Å². The molecular weight excluding hydrogens is 330 g/mol. The van der Waals surface area contributed by atoms with Crippen molar-refractivity contribution in [2.75, 3.05) is 0 Å². The Hall–Kier alpha value is -2.63. The third kappa shape index (κ3) is 3.11. The van der Waals surface area contributed by atoms with Crippen LogP contribution in [0.5, 0.6) is 0 Å². The molecule has 26 heavy (non-hydrogen) atoms. The molecule has 0 aliphatic heterocycles. The van der Waals surface area contributed by atoms with Crippen LogP contribution in [0, 0.1) is 0 Å². The summed E-state index contributed by atoms with van der Waals surface area (Å²) >= 11 is 0. The van der Waals surface area contributed by atoms with E-state index in [9.17, 15) is 0 Å². The van der Waals surface area contributed by atoms with E-state index >= 15 is 0 Å². The highest BCUT2D eigenvalue weighted by Gasteiger charge is 2.30. The predicted molar refractivity (Wildman–Crippen MR) is 123 cm³/mol. The average molecular weight is 354 g/mol. The highest BCUT2D eigenvalue weighted by Crippen LogP contribution is 2.09. The van der Waals surface area contributed by atoms with Gasteiger partial charge in [0.1, 0.15) is 6.15 Å². The van der Waals surface area contributed by atoms with Gasteiger partial charge in [-0.15, -0.1) is 0 Å². The summed E-state index contributed by atoms with van der Waals surface area (Å²) in [6.45, 7) is 0. The standard InChI is InChI=1S/C24H20B.H3P/c1-5-13-21(14-6-1)25(22-15-7-2-8-16-22,23-17-9-3-10-18-23)24-19-11-4-12-20-24;/h1-20H;1H3/q-1;/p+1. The first kappa shape index (κ1) is 18.2. The smallest absolute Gasteiger partial charge is 0.108 e. The Morgan fingerprint density at radius 3 is 0.692 bits per heavy atom. The van der Waals surface area contributed by atoms with E-state index < -0.39 is 6.15 Å². The van der Waals surface area contributed by atoms with Crippen LogP contribution < -0.4 is 21.9 Å². The van der Waals surface area contributed by atoms with Crippen molar-refractivity contribution in [3.63, 3.8) is 0 Å². The third-order valence-corrected chi connectivity index (χ3v) is 5.20. The van der Waals surface area contributed by atoms with E-state index in [2.05, 4.69) is 121 Å². The van der Waals surface area contributed by atoms with E-state index in [1.165, 1.54) is 21.9 Å². The molecule has 0 N–H and O–H groups in total. The molecule has 0 nitrogen and oxygen atoms in total. The maximum atomic E-state index is 2.26. The van der Waals surface area contributed by atoms with Gasteiger partial charge in [-0.3, -0.25) is 0 Å². The summed E-state index contributed by atoms with van der Waals surface area (Å²) < 4.78 is 0. The first-order valence-corrected chi connectivity index (χ1v) is 8.80. The van der Waals surface area contributed by atoms with Crippen LogP contribution in [0.4, 0.5) is 0 Å². The number of rotatable bonds is 4. The summed E-state index contributed by atoms with van der Waals surface area (Å²) in [4.78, 5) is 0. The van der Waals surface area contributed by atoms with Gasteiger partial charge in [-0.2, -0.15) is 21.9 Å². The summed E-state index contributed by atoms with van der Waals surface area (Å²) in [5.41, 5.74) is 5.36. The second kappa shape index (κ2) is 8.17. The molecule has 0 saturated carbocycles. The van der Waals surface area contributed by atoms with Crippen LogP contribution in [0.3, 0.4) is 0 Å². The number of hydrogen-bond donors (Lipinski definition) is 0. The van der Waals surface area contributed by atoms with Crippen LogP contribution >= 0.6 is 9.90 Å². The Balaban J connectivity index is 0.00000196. The molecular formula is C24H24BP. The Morgan fingerprint density at radius 2 is 0.500 bits per heavy atom. The van der Waals surface area contributed by atoms with Crippen molar-refractivity contribution < 1.29 is 0 Å². The Kier molecular flexibility index (Phi) is 5.71. The molecule has 0 saturated heterocycles. The summed E-state index contributed by atoms with van der Waals surface area (Å²) in [6, 6.07) is 43.5. The molecule has 0 fully saturated rings. The lowest BCUT2D eigenvalue weighted by Crippen LogP contribution is -2.74. The largest absolute Gasteiger partial charge is 0.195 e. The van der Waals surface area contributed by atoms with Crippen LogP contribution in [0.1, 0.15) is 0 Å². The summed E-state index contributed by atoms with van der Waals surface area (Å²) in [5, 5.41) is 0. The molecule has 4 aromatic carbocycles. The van der Waals surface area contributed by atoms with Gasteiger partial charge in [-0.05, 0) is 9.90 Å². The summed E-state index contributed by atoms with van der Waals surface area (Å²) in [6.07, 6.45) is -1.22. The van der Waals surface area contributed by atoms with Crippen molar-refractivity contribution >= 4 is 37.9 Å². The molecule has 2 heteroatoms. The van der Waals surface area contributed by atoms with Crippen LogP contribution in [0.25, 0.3) is 0 Å². The van der Waals surface area contributed by atoms with Gasteiger partial charge < -0.3 is 0 Å². The molecule has 0 radical (unpaired) electrons. The maximum absolute atomic E-state index is 2.26. The normalized spacial score (nSPS) is 10.8. The first-order chi connectivity index (χ1) is 12.4. The third-order valence-electron chi connectivity index (χ3n) is 5.20. The second-order valence-electron chi connectivity index (χ2n) is 6.51. The van der Waals surface area contributed by atoms with Gasteiger partial charge in [0, 0.05) is 0 Å². The van der Waals surface area contributed by atoms with Crippen molar-refractivity contribution in [1.82, 2.24) is 0 Å². The predicted octanol–water partition coefficient (Wildman–Crippen LogP) is 2.85. The maximum Gasteiger partial charge on any atom is 0.108 e. The Bertz CT molecular complexity index is 759. The SMILES string of the molecule is [PH4+].c1ccc([B-](c2ccccc2)(c2ccccc2)c2ccccc2)cc1. The lowest BCUT2D eigenvalue weighted by Gasteiger charge is -2.44. The number of hydrogen-bond acceptors (Lipinski definition) is 0. The van der Waals surface area contributed by atoms with Gasteiger partial charge in [-0.1, -0.05) is 121 Å². The molecule has 0 spiro atoms. The fraction of sp³-hybridized carbons (Fsp3) is 0. The van der Waals surface area contributed by atoms with Gasteiger partial charge in [0.05, 0.1) is 0 Å². The summed E-state index contributed by atoms with van der Waals surface area (Å²) in [5.74, 6) is 0. The van der Waals surface area contributed by atoms with Gasteiger partial charge in [0.25, 0.3) is 0 Å². The van der Waals surface area contributed by atoms with Crippen molar-refractivity contribution in [1.29, 1.82) is 0 Å². The van der Waals surface area contributed by atoms with E-state index in [0.29, 0.717) is 0 Å². The van der Waals surface area contributed by atoms with Crippen LogP contribution in [-0.2, 0) is 0 Å². The quantitative estimate of drug-likeness (QED) is 0.391. The second-order valence-corrected chi connectivity index (χ2v) is 6.51. The summed E-state index contributed by atoms with van der Waals surface area (Å²) in [7, 11) is 0. The molecule has 128 valence electrons. The zero-order valence-corrected chi connectivity index (χ0v) is 17.1. The average Bonchev–Trinajstić information content (AvgIpc) is 2.72. The van der Waals surface area contributed by atoms with E-state index in [1.54, 1.807) is 0 Å². The molecule has 0 aliphatic rings. The molecule has 0 amide bonds. The van der Waals surface area contributed by atoms with Crippen molar-refractivity contribution in [2.45, 2.75) is 0 Å². The minimum atomic E-state index is -1.22. The Labute approximate surface area is 159 Å². The molecule has 0 heterocycles. The van der Waals surface area contributed by atoms with Gasteiger partial charge in [0.15, 0.2) is 0 Å². The minimum absolute atomic E-state index is 0. The van der Waals surface area contributed by atoms with Crippen LogP contribution in [0.15, 0.2) is 121 Å². The van der Waals surface area contributed by atoms with E-state index in [4.69, 9.17) is 0 Å². The fourth-order valence-corrected chi connectivity index (χ4v) is 4.12. The lowest BCUT2D eigenvalue weighted by molar-refractivity contribution is 1.66. The molecule has 4 aromatic rings. The van der Waals surface area contributed by atoms with E-state index in [1.807, 2.05) is 0 Å². The Morgan fingerprint density at radius 1 is 0.308 bits per heavy atom. The lowest BCUT2D eigenvalue weighted by atomic mass is 9.13. The minimum Gasteiger partial charge on any atom is -0.195 e. The fourth-order valence-electron chi connectivity index (χ4n) is 4.12. The monoisotopic (exact) mass is 354 g/mol.